The quantitative estimate of drug-likeness (QED) is 0.790. The molecule has 7 heteroatoms. The molecule has 0 unspecified atom stereocenters. The first-order valence-corrected chi connectivity index (χ1v) is 10.4. The van der Waals surface area contributed by atoms with E-state index in [0.717, 1.165) is 43.0 Å². The minimum absolute atomic E-state index is 0.131. The molecule has 3 amide bonds. The molecular formula is C19H21ClN2O3S. The molecule has 2 aliphatic heterocycles. The van der Waals surface area contributed by atoms with Gasteiger partial charge in [0.25, 0.3) is 5.24 Å². The zero-order valence-corrected chi connectivity index (χ0v) is 16.0. The SMILES string of the molecule is O=C1CSC(=O)N1[C@H]1CCN(C(=O)C2(c3ccc(Cl)cc3)CCCC2)C1. The van der Waals surface area contributed by atoms with Gasteiger partial charge in [0.2, 0.25) is 11.8 Å². The van der Waals surface area contributed by atoms with Crippen LogP contribution in [0, 0.1) is 0 Å². The number of thioether (sulfide) groups is 1. The average molecular weight is 393 g/mol. The van der Waals surface area contributed by atoms with Crippen molar-refractivity contribution in [3.63, 3.8) is 0 Å². The lowest BCUT2D eigenvalue weighted by Gasteiger charge is -2.33. The highest BCUT2D eigenvalue weighted by Gasteiger charge is 2.48. The number of hydrogen-bond donors (Lipinski definition) is 0. The molecule has 0 bridgehead atoms. The Kier molecular flexibility index (Phi) is 4.73. The third-order valence-corrected chi connectivity index (χ3v) is 6.95. The predicted molar refractivity (Wildman–Crippen MR) is 101 cm³/mol. The van der Waals surface area contributed by atoms with E-state index < -0.39 is 5.41 Å². The lowest BCUT2D eigenvalue weighted by Crippen LogP contribution is -2.47. The molecule has 0 radical (unpaired) electrons. The highest BCUT2D eigenvalue weighted by Crippen LogP contribution is 2.43. The van der Waals surface area contributed by atoms with Gasteiger partial charge in [-0.3, -0.25) is 19.3 Å². The lowest BCUT2D eigenvalue weighted by molar-refractivity contribution is -0.137. The number of nitrogens with zero attached hydrogens (tertiary/aromatic N) is 2. The summed E-state index contributed by atoms with van der Waals surface area (Å²) in [6.45, 7) is 1.05. The number of rotatable bonds is 3. The van der Waals surface area contributed by atoms with Gasteiger partial charge < -0.3 is 4.90 Å². The van der Waals surface area contributed by atoms with Crippen molar-refractivity contribution >= 4 is 40.4 Å². The molecule has 138 valence electrons. The molecule has 1 saturated carbocycles. The Balaban J connectivity index is 1.55. The fourth-order valence-electron chi connectivity index (χ4n) is 4.53. The van der Waals surface area contributed by atoms with E-state index in [1.807, 2.05) is 29.2 Å². The van der Waals surface area contributed by atoms with Crippen molar-refractivity contribution in [1.29, 1.82) is 0 Å². The van der Waals surface area contributed by atoms with Crippen LogP contribution >= 0.6 is 23.4 Å². The van der Waals surface area contributed by atoms with Gasteiger partial charge in [0.1, 0.15) is 0 Å². The van der Waals surface area contributed by atoms with Crippen molar-refractivity contribution in [2.45, 2.75) is 43.6 Å². The van der Waals surface area contributed by atoms with Crippen molar-refractivity contribution in [1.82, 2.24) is 9.80 Å². The van der Waals surface area contributed by atoms with E-state index in [4.69, 9.17) is 11.6 Å². The third-order valence-electron chi connectivity index (χ3n) is 5.86. The van der Waals surface area contributed by atoms with E-state index in [2.05, 4.69) is 0 Å². The van der Waals surface area contributed by atoms with Gasteiger partial charge in [-0.25, -0.2) is 0 Å². The van der Waals surface area contributed by atoms with E-state index in [1.54, 1.807) is 0 Å². The van der Waals surface area contributed by atoms with E-state index in [9.17, 15) is 14.4 Å². The summed E-state index contributed by atoms with van der Waals surface area (Å²) in [5.41, 5.74) is 0.532. The standard InChI is InChI=1S/C19H21ClN2O3S/c20-14-5-3-13(4-6-14)19(8-1-2-9-19)17(24)21-10-7-15(11-21)22-16(23)12-26-18(22)25/h3-6,15H,1-2,7-12H2/t15-/m0/s1. The van der Waals surface area contributed by atoms with Crippen LogP contribution in [-0.2, 0) is 15.0 Å². The molecule has 2 saturated heterocycles. The normalized spacial score (nSPS) is 25.3. The van der Waals surface area contributed by atoms with E-state index in [0.29, 0.717) is 24.5 Å². The molecule has 1 atom stereocenters. The second-order valence-corrected chi connectivity index (χ2v) is 8.67. The minimum Gasteiger partial charge on any atom is -0.340 e. The summed E-state index contributed by atoms with van der Waals surface area (Å²) in [5, 5.41) is 0.488. The number of carbonyl (C=O) groups excluding carboxylic acids is 3. The van der Waals surface area contributed by atoms with Crippen LogP contribution in [0.1, 0.15) is 37.7 Å². The molecule has 2 heterocycles. The highest BCUT2D eigenvalue weighted by atomic mass is 35.5. The van der Waals surface area contributed by atoms with Gasteiger partial charge in [-0.05, 0) is 37.0 Å². The molecule has 4 rings (SSSR count). The summed E-state index contributed by atoms with van der Waals surface area (Å²) in [5.74, 6) is 0.219. The number of likely N-dealkylation sites (tertiary alicyclic amines) is 1. The summed E-state index contributed by atoms with van der Waals surface area (Å²) >= 11 is 7.08. The van der Waals surface area contributed by atoms with Gasteiger partial charge in [0.05, 0.1) is 17.2 Å². The Morgan fingerprint density at radius 3 is 2.46 bits per heavy atom. The van der Waals surface area contributed by atoms with Crippen LogP contribution in [-0.4, -0.2) is 51.7 Å². The Morgan fingerprint density at radius 2 is 1.85 bits per heavy atom. The van der Waals surface area contributed by atoms with Gasteiger partial charge in [-0.1, -0.05) is 48.3 Å². The number of hydrogen-bond acceptors (Lipinski definition) is 4. The molecule has 0 spiro atoms. The minimum atomic E-state index is -0.493. The zero-order chi connectivity index (χ0) is 18.3. The fourth-order valence-corrected chi connectivity index (χ4v) is 5.43. The zero-order valence-electron chi connectivity index (χ0n) is 14.4. The second kappa shape index (κ2) is 6.89. The highest BCUT2D eigenvalue weighted by molar-refractivity contribution is 8.14. The maximum Gasteiger partial charge on any atom is 0.289 e. The molecule has 3 fully saturated rings. The van der Waals surface area contributed by atoms with Gasteiger partial charge in [0, 0.05) is 18.1 Å². The van der Waals surface area contributed by atoms with Crippen molar-refractivity contribution in [3.05, 3.63) is 34.9 Å². The van der Waals surface area contributed by atoms with Crippen LogP contribution in [0.4, 0.5) is 4.79 Å². The largest absolute Gasteiger partial charge is 0.340 e. The topological polar surface area (TPSA) is 57.7 Å². The number of benzene rings is 1. The summed E-state index contributed by atoms with van der Waals surface area (Å²) in [6.07, 6.45) is 4.41. The van der Waals surface area contributed by atoms with Crippen molar-refractivity contribution in [3.8, 4) is 0 Å². The van der Waals surface area contributed by atoms with Crippen LogP contribution in [0.5, 0.6) is 0 Å². The molecule has 26 heavy (non-hydrogen) atoms. The lowest BCUT2D eigenvalue weighted by atomic mass is 9.77. The van der Waals surface area contributed by atoms with Crippen molar-refractivity contribution < 1.29 is 14.4 Å². The third kappa shape index (κ3) is 2.93. The molecule has 1 aromatic rings. The van der Waals surface area contributed by atoms with Crippen molar-refractivity contribution in [2.75, 3.05) is 18.8 Å². The van der Waals surface area contributed by atoms with Gasteiger partial charge in [-0.15, -0.1) is 0 Å². The van der Waals surface area contributed by atoms with Crippen LogP contribution in [0.25, 0.3) is 0 Å². The number of imide groups is 1. The van der Waals surface area contributed by atoms with Crippen LogP contribution in [0.15, 0.2) is 24.3 Å². The maximum atomic E-state index is 13.5. The van der Waals surface area contributed by atoms with Crippen LogP contribution < -0.4 is 0 Å². The summed E-state index contributed by atoms with van der Waals surface area (Å²) in [7, 11) is 0. The molecule has 0 N–H and O–H groups in total. The Bertz CT molecular complexity index is 730. The first-order valence-electron chi connectivity index (χ1n) is 9.05. The first-order chi connectivity index (χ1) is 12.5. The summed E-state index contributed by atoms with van der Waals surface area (Å²) in [4.78, 5) is 40.7. The predicted octanol–water partition coefficient (Wildman–Crippen LogP) is 3.45. The monoisotopic (exact) mass is 392 g/mol. The fraction of sp³-hybridized carbons (Fsp3) is 0.526. The maximum absolute atomic E-state index is 13.5. The van der Waals surface area contributed by atoms with E-state index in [1.165, 1.54) is 4.90 Å². The average Bonchev–Trinajstić information content (AvgIpc) is 3.36. The Labute approximate surface area is 162 Å². The summed E-state index contributed by atoms with van der Waals surface area (Å²) in [6, 6.07) is 7.43. The van der Waals surface area contributed by atoms with Gasteiger partial charge >= 0.3 is 0 Å². The van der Waals surface area contributed by atoms with Crippen molar-refractivity contribution in [2.24, 2.45) is 0 Å². The molecule has 1 aliphatic carbocycles. The smallest absolute Gasteiger partial charge is 0.289 e. The van der Waals surface area contributed by atoms with Crippen LogP contribution in [0.3, 0.4) is 0 Å². The molecule has 0 aromatic heterocycles. The molecule has 1 aromatic carbocycles. The van der Waals surface area contributed by atoms with Gasteiger partial charge in [0.15, 0.2) is 0 Å². The van der Waals surface area contributed by atoms with Gasteiger partial charge in [-0.2, -0.15) is 0 Å². The number of carbonyl (C=O) groups is 3. The van der Waals surface area contributed by atoms with Crippen LogP contribution in [0.2, 0.25) is 5.02 Å². The number of halogens is 1. The molecular weight excluding hydrogens is 372 g/mol. The molecule has 3 aliphatic rings. The number of amides is 3. The molecule has 5 nitrogen and oxygen atoms in total. The van der Waals surface area contributed by atoms with E-state index >= 15 is 0 Å². The van der Waals surface area contributed by atoms with E-state index in [-0.39, 0.29) is 28.8 Å². The Morgan fingerprint density at radius 1 is 1.15 bits per heavy atom. The Hall–Kier alpha value is -1.53. The first kappa shape index (κ1) is 17.9. The second-order valence-electron chi connectivity index (χ2n) is 7.31. The summed E-state index contributed by atoms with van der Waals surface area (Å²) < 4.78 is 0.